The zero-order valence-electron chi connectivity index (χ0n) is 17.1. The molecule has 150 valence electrons. The van der Waals surface area contributed by atoms with Crippen LogP contribution in [-0.2, 0) is 4.74 Å². The van der Waals surface area contributed by atoms with Crippen molar-refractivity contribution in [3.05, 3.63) is 83.2 Å². The first kappa shape index (κ1) is 20.4. The molecule has 0 saturated heterocycles. The van der Waals surface area contributed by atoms with Crippen molar-refractivity contribution in [2.24, 2.45) is 0 Å². The lowest BCUT2D eigenvalue weighted by Gasteiger charge is -2.14. The zero-order valence-corrected chi connectivity index (χ0v) is 17.1. The lowest BCUT2D eigenvalue weighted by atomic mass is 10.1. The molecule has 0 spiro atoms. The molecule has 3 aromatic rings. The fourth-order valence-corrected chi connectivity index (χ4v) is 3.22. The third kappa shape index (κ3) is 4.57. The van der Waals surface area contributed by atoms with Gasteiger partial charge in [-0.15, -0.1) is 0 Å². The summed E-state index contributed by atoms with van der Waals surface area (Å²) in [4.78, 5) is 25.0. The number of hydrogen-bond donors (Lipinski definition) is 0. The molecule has 0 unspecified atom stereocenters. The largest absolute Gasteiger partial charge is 0.494 e. The fourth-order valence-electron chi connectivity index (χ4n) is 3.22. The van der Waals surface area contributed by atoms with Gasteiger partial charge in [0.2, 0.25) is 5.78 Å². The third-order valence-corrected chi connectivity index (χ3v) is 4.74. The van der Waals surface area contributed by atoms with Crippen LogP contribution in [0.5, 0.6) is 5.75 Å². The smallest absolute Gasteiger partial charge is 0.338 e. The van der Waals surface area contributed by atoms with Crippen molar-refractivity contribution in [1.29, 1.82) is 0 Å². The molecule has 1 atom stereocenters. The van der Waals surface area contributed by atoms with Crippen molar-refractivity contribution >= 4 is 11.8 Å². The Labute approximate surface area is 170 Å². The monoisotopic (exact) mass is 391 g/mol. The molecule has 3 rings (SSSR count). The van der Waals surface area contributed by atoms with Crippen molar-refractivity contribution < 1.29 is 19.1 Å². The normalized spacial score (nSPS) is 11.7. The number of benzene rings is 2. The minimum Gasteiger partial charge on any atom is -0.494 e. The van der Waals surface area contributed by atoms with Crippen LogP contribution in [-0.4, -0.2) is 29.0 Å². The maximum Gasteiger partial charge on any atom is 0.338 e. The van der Waals surface area contributed by atoms with Crippen molar-refractivity contribution in [3.63, 3.8) is 0 Å². The second-order valence-corrected chi connectivity index (χ2v) is 6.87. The number of ketones is 1. The van der Waals surface area contributed by atoms with E-state index in [1.54, 1.807) is 43.3 Å². The average molecular weight is 391 g/mol. The van der Waals surface area contributed by atoms with Gasteiger partial charge >= 0.3 is 5.97 Å². The Morgan fingerprint density at radius 2 is 1.41 bits per heavy atom. The number of esters is 1. The molecular weight excluding hydrogens is 366 g/mol. The first-order valence-electron chi connectivity index (χ1n) is 9.64. The zero-order chi connectivity index (χ0) is 21.0. The van der Waals surface area contributed by atoms with Crippen molar-refractivity contribution in [2.75, 3.05) is 6.61 Å². The molecule has 0 N–H and O–H groups in total. The van der Waals surface area contributed by atoms with Crippen molar-refractivity contribution in [1.82, 2.24) is 4.57 Å². The molecule has 29 heavy (non-hydrogen) atoms. The topological polar surface area (TPSA) is 57.5 Å². The summed E-state index contributed by atoms with van der Waals surface area (Å²) in [6, 6.07) is 18.1. The number of rotatable bonds is 7. The minimum absolute atomic E-state index is 0.253. The molecule has 0 amide bonds. The van der Waals surface area contributed by atoms with E-state index < -0.39 is 12.1 Å². The van der Waals surface area contributed by atoms with Crippen LogP contribution in [0.25, 0.3) is 5.69 Å². The van der Waals surface area contributed by atoms with Gasteiger partial charge in [-0.1, -0.05) is 0 Å². The van der Waals surface area contributed by atoms with Crippen molar-refractivity contribution in [2.45, 2.75) is 33.8 Å². The van der Waals surface area contributed by atoms with E-state index in [1.165, 1.54) is 0 Å². The van der Waals surface area contributed by atoms with Crippen LogP contribution < -0.4 is 4.74 Å². The minimum atomic E-state index is -0.881. The van der Waals surface area contributed by atoms with Gasteiger partial charge in [0.05, 0.1) is 12.2 Å². The van der Waals surface area contributed by atoms with Crippen LogP contribution >= 0.6 is 0 Å². The Hall–Kier alpha value is -3.34. The third-order valence-electron chi connectivity index (χ3n) is 4.74. The predicted octanol–water partition coefficient (Wildman–Crippen LogP) is 4.92. The number of hydrogen-bond acceptors (Lipinski definition) is 4. The van der Waals surface area contributed by atoms with E-state index in [0.717, 1.165) is 17.1 Å². The molecule has 0 aliphatic heterocycles. The number of nitrogens with zero attached hydrogens (tertiary/aromatic N) is 1. The lowest BCUT2D eigenvalue weighted by molar-refractivity contribution is 0.0319. The van der Waals surface area contributed by atoms with Gasteiger partial charge < -0.3 is 14.0 Å². The van der Waals surface area contributed by atoms with Gasteiger partial charge in [0.1, 0.15) is 5.75 Å². The van der Waals surface area contributed by atoms with Gasteiger partial charge in [0, 0.05) is 22.6 Å². The first-order valence-corrected chi connectivity index (χ1v) is 9.64. The summed E-state index contributed by atoms with van der Waals surface area (Å²) >= 11 is 0. The molecule has 5 heteroatoms. The highest BCUT2D eigenvalue weighted by Gasteiger charge is 2.20. The van der Waals surface area contributed by atoms with E-state index in [9.17, 15) is 9.59 Å². The molecule has 5 nitrogen and oxygen atoms in total. The van der Waals surface area contributed by atoms with E-state index in [1.807, 2.05) is 45.0 Å². The molecular formula is C24H25NO4. The summed E-state index contributed by atoms with van der Waals surface area (Å²) in [5.41, 5.74) is 4.09. The number of carbonyl (C=O) groups excluding carboxylic acids is 2. The van der Waals surface area contributed by atoms with Crippen molar-refractivity contribution in [3.8, 4) is 11.4 Å². The van der Waals surface area contributed by atoms with Crippen LogP contribution in [0.15, 0.2) is 60.7 Å². The second kappa shape index (κ2) is 8.78. The summed E-state index contributed by atoms with van der Waals surface area (Å²) in [6.45, 7) is 8.10. The highest BCUT2D eigenvalue weighted by molar-refractivity contribution is 6.01. The molecule has 0 aliphatic carbocycles. The summed E-state index contributed by atoms with van der Waals surface area (Å²) in [7, 11) is 0. The van der Waals surface area contributed by atoms with Crippen LogP contribution in [0.2, 0.25) is 0 Å². The predicted molar refractivity (Wildman–Crippen MR) is 112 cm³/mol. The quantitative estimate of drug-likeness (QED) is 0.424. The fraction of sp³-hybridized carbons (Fsp3) is 0.250. The highest BCUT2D eigenvalue weighted by Crippen LogP contribution is 2.18. The Balaban J connectivity index is 1.67. The first-order chi connectivity index (χ1) is 13.9. The number of ether oxygens (including phenoxy) is 2. The van der Waals surface area contributed by atoms with E-state index in [-0.39, 0.29) is 5.78 Å². The summed E-state index contributed by atoms with van der Waals surface area (Å²) in [6.07, 6.45) is -0.881. The molecule has 0 radical (unpaired) electrons. The molecule has 1 aromatic heterocycles. The number of aryl methyl sites for hydroxylation is 2. The molecule has 0 aliphatic rings. The van der Waals surface area contributed by atoms with Crippen LogP contribution in [0.4, 0.5) is 0 Å². The van der Waals surface area contributed by atoms with Gasteiger partial charge in [0.15, 0.2) is 6.10 Å². The number of Topliss-reactive ketones (excluding diaryl/α,β-unsaturated/α-hetero) is 1. The average Bonchev–Trinajstić information content (AvgIpc) is 3.06. The molecule has 0 saturated carbocycles. The van der Waals surface area contributed by atoms with E-state index >= 15 is 0 Å². The van der Waals surface area contributed by atoms with Gasteiger partial charge in [-0.2, -0.15) is 0 Å². The molecule has 0 bridgehead atoms. The maximum atomic E-state index is 12.5. The van der Waals surface area contributed by atoms with E-state index in [2.05, 4.69) is 4.57 Å². The van der Waals surface area contributed by atoms with Crippen LogP contribution in [0.3, 0.4) is 0 Å². The number of aromatic nitrogens is 1. The van der Waals surface area contributed by atoms with E-state index in [0.29, 0.717) is 23.5 Å². The van der Waals surface area contributed by atoms with Gasteiger partial charge in [-0.3, -0.25) is 4.79 Å². The van der Waals surface area contributed by atoms with Gasteiger partial charge in [0.25, 0.3) is 0 Å². The van der Waals surface area contributed by atoms with Gasteiger partial charge in [-0.25, -0.2) is 4.79 Å². The SMILES string of the molecule is CCOc1ccc(C(=O)[C@@H](C)OC(=O)c2ccc(-n3c(C)ccc3C)cc2)cc1. The van der Waals surface area contributed by atoms with Gasteiger partial charge in [-0.05, 0) is 88.4 Å². The van der Waals surface area contributed by atoms with E-state index in [4.69, 9.17) is 9.47 Å². The highest BCUT2D eigenvalue weighted by atomic mass is 16.5. The molecule has 1 heterocycles. The van der Waals surface area contributed by atoms with Crippen LogP contribution in [0.1, 0.15) is 46.0 Å². The Morgan fingerprint density at radius 3 is 1.97 bits per heavy atom. The Kier molecular flexibility index (Phi) is 6.17. The summed E-state index contributed by atoms with van der Waals surface area (Å²) in [5.74, 6) is -0.0807. The molecule has 0 fully saturated rings. The molecule has 2 aromatic carbocycles. The second-order valence-electron chi connectivity index (χ2n) is 6.87. The standard InChI is InChI=1S/C24H25NO4/c1-5-28-22-14-10-19(11-15-22)23(26)18(4)29-24(27)20-8-12-21(13-9-20)25-16(2)6-7-17(25)3/h6-15,18H,5H2,1-4H3/t18-/m1/s1. The lowest BCUT2D eigenvalue weighted by Crippen LogP contribution is -2.24. The Morgan fingerprint density at radius 1 is 0.862 bits per heavy atom. The Bertz CT molecular complexity index is 981. The maximum absolute atomic E-state index is 12.5. The number of carbonyl (C=O) groups is 2. The summed E-state index contributed by atoms with van der Waals surface area (Å²) < 4.78 is 12.9. The van der Waals surface area contributed by atoms with Crippen LogP contribution in [0, 0.1) is 13.8 Å². The summed E-state index contributed by atoms with van der Waals surface area (Å²) in [5, 5.41) is 0.